The van der Waals surface area contributed by atoms with Crippen LogP contribution in [0.3, 0.4) is 0 Å². The minimum absolute atomic E-state index is 0.0952. The summed E-state index contributed by atoms with van der Waals surface area (Å²) in [4.78, 5) is 11.7. The minimum atomic E-state index is -0.265. The van der Waals surface area contributed by atoms with E-state index in [1.165, 1.54) is 4.68 Å². The maximum atomic E-state index is 11.7. The Balaban J connectivity index is 1.94. The standard InChI is InChI=1S/C13H13BrN4O2/c1-9(10-2-4-12(19)5-3-10)16-17-13(20)8-18-7-11(14)6-15-18/h2-7,19H,8H2,1H3,(H,17,20)/b16-9-. The number of carbonyl (C=O) groups is 1. The van der Waals surface area contributed by atoms with Gasteiger partial charge in [-0.15, -0.1) is 0 Å². The molecule has 0 unspecified atom stereocenters. The van der Waals surface area contributed by atoms with Gasteiger partial charge >= 0.3 is 0 Å². The molecule has 0 fully saturated rings. The highest BCUT2D eigenvalue weighted by molar-refractivity contribution is 9.10. The number of phenols is 1. The number of aromatic hydroxyl groups is 1. The van der Waals surface area contributed by atoms with Crippen molar-refractivity contribution in [3.05, 3.63) is 46.7 Å². The van der Waals surface area contributed by atoms with Gasteiger partial charge in [-0.3, -0.25) is 9.48 Å². The summed E-state index contributed by atoms with van der Waals surface area (Å²) < 4.78 is 2.32. The molecule has 1 aromatic heterocycles. The number of rotatable bonds is 4. The largest absolute Gasteiger partial charge is 0.508 e. The Hall–Kier alpha value is -2.15. The van der Waals surface area contributed by atoms with E-state index in [1.807, 2.05) is 0 Å². The summed E-state index contributed by atoms with van der Waals surface area (Å²) in [6.45, 7) is 1.87. The van der Waals surface area contributed by atoms with Crippen molar-refractivity contribution in [2.75, 3.05) is 0 Å². The second-order valence-electron chi connectivity index (χ2n) is 4.14. The Morgan fingerprint density at radius 2 is 2.15 bits per heavy atom. The van der Waals surface area contributed by atoms with Crippen LogP contribution in [-0.4, -0.2) is 26.5 Å². The summed E-state index contributed by atoms with van der Waals surface area (Å²) in [7, 11) is 0. The summed E-state index contributed by atoms with van der Waals surface area (Å²) in [6.07, 6.45) is 3.31. The van der Waals surface area contributed by atoms with Crippen molar-refractivity contribution in [2.24, 2.45) is 5.10 Å². The quantitative estimate of drug-likeness (QED) is 0.661. The van der Waals surface area contributed by atoms with Crippen LogP contribution in [0.2, 0.25) is 0 Å². The van der Waals surface area contributed by atoms with E-state index in [-0.39, 0.29) is 18.2 Å². The van der Waals surface area contributed by atoms with Crippen LogP contribution in [0.15, 0.2) is 46.2 Å². The van der Waals surface area contributed by atoms with Gasteiger partial charge in [-0.1, -0.05) is 0 Å². The third-order valence-corrected chi connectivity index (χ3v) is 2.95. The fourth-order valence-corrected chi connectivity index (χ4v) is 1.85. The van der Waals surface area contributed by atoms with E-state index in [2.05, 4.69) is 31.6 Å². The van der Waals surface area contributed by atoms with Gasteiger partial charge < -0.3 is 5.11 Å². The summed E-state index contributed by atoms with van der Waals surface area (Å²) in [5.74, 6) is -0.0754. The SMILES string of the molecule is C/C(=N/NC(=O)Cn1cc(Br)cn1)c1ccc(O)cc1. The molecule has 0 aliphatic rings. The molecule has 0 saturated carbocycles. The molecule has 2 N–H and O–H groups in total. The zero-order valence-electron chi connectivity index (χ0n) is 10.7. The lowest BCUT2D eigenvalue weighted by molar-refractivity contribution is -0.121. The number of halogens is 1. The molecule has 0 spiro atoms. The molecule has 0 radical (unpaired) electrons. The number of nitrogens with one attached hydrogen (secondary N) is 1. The van der Waals surface area contributed by atoms with Crippen molar-refractivity contribution in [3.63, 3.8) is 0 Å². The first-order valence-electron chi connectivity index (χ1n) is 5.85. The summed E-state index contributed by atoms with van der Waals surface area (Å²) in [5, 5.41) is 17.2. The van der Waals surface area contributed by atoms with E-state index in [0.29, 0.717) is 5.71 Å². The van der Waals surface area contributed by atoms with Gasteiger partial charge in [-0.25, -0.2) is 5.43 Å². The van der Waals surface area contributed by atoms with E-state index >= 15 is 0 Å². The van der Waals surface area contributed by atoms with Crippen LogP contribution in [0.5, 0.6) is 5.75 Å². The number of hydrogen-bond donors (Lipinski definition) is 2. The first-order valence-corrected chi connectivity index (χ1v) is 6.64. The first-order chi connectivity index (χ1) is 9.54. The van der Waals surface area contributed by atoms with Crippen LogP contribution in [0.1, 0.15) is 12.5 Å². The van der Waals surface area contributed by atoms with E-state index < -0.39 is 0 Å². The Kier molecular flexibility index (Phi) is 4.52. The van der Waals surface area contributed by atoms with Crippen LogP contribution < -0.4 is 5.43 Å². The molecule has 6 nitrogen and oxygen atoms in total. The maximum absolute atomic E-state index is 11.7. The van der Waals surface area contributed by atoms with Gasteiger partial charge in [0.1, 0.15) is 12.3 Å². The average Bonchev–Trinajstić information content (AvgIpc) is 2.82. The third-order valence-electron chi connectivity index (χ3n) is 2.54. The maximum Gasteiger partial charge on any atom is 0.261 e. The number of amides is 1. The lowest BCUT2D eigenvalue weighted by atomic mass is 10.1. The van der Waals surface area contributed by atoms with E-state index in [4.69, 9.17) is 0 Å². The molecule has 0 saturated heterocycles. The van der Waals surface area contributed by atoms with Crippen LogP contribution in [0.4, 0.5) is 0 Å². The molecule has 2 rings (SSSR count). The molecular formula is C13H13BrN4O2. The number of phenolic OH excluding ortho intramolecular Hbond substituents is 1. The number of benzene rings is 1. The van der Waals surface area contributed by atoms with Gasteiger partial charge in [-0.2, -0.15) is 10.2 Å². The van der Waals surface area contributed by atoms with Gasteiger partial charge in [0, 0.05) is 6.20 Å². The third kappa shape index (κ3) is 3.92. The number of hydrogen-bond acceptors (Lipinski definition) is 4. The minimum Gasteiger partial charge on any atom is -0.508 e. The van der Waals surface area contributed by atoms with E-state index in [0.717, 1.165) is 10.0 Å². The molecule has 0 aliphatic carbocycles. The van der Waals surface area contributed by atoms with Gasteiger partial charge in [0.25, 0.3) is 5.91 Å². The van der Waals surface area contributed by atoms with Gasteiger partial charge in [0.05, 0.1) is 16.4 Å². The molecule has 2 aromatic rings. The summed E-state index contributed by atoms with van der Waals surface area (Å²) >= 11 is 3.26. The molecule has 7 heteroatoms. The fourth-order valence-electron chi connectivity index (χ4n) is 1.52. The van der Waals surface area contributed by atoms with Crippen molar-refractivity contribution in [1.82, 2.24) is 15.2 Å². The Labute approximate surface area is 124 Å². The lowest BCUT2D eigenvalue weighted by Crippen LogP contribution is -2.24. The van der Waals surface area contributed by atoms with E-state index in [1.54, 1.807) is 43.6 Å². The summed E-state index contributed by atoms with van der Waals surface area (Å²) in [6, 6.07) is 6.59. The Morgan fingerprint density at radius 3 is 2.75 bits per heavy atom. The zero-order valence-corrected chi connectivity index (χ0v) is 12.3. The molecule has 0 atom stereocenters. The van der Waals surface area contributed by atoms with Crippen molar-refractivity contribution < 1.29 is 9.90 Å². The average molecular weight is 337 g/mol. The highest BCUT2D eigenvalue weighted by atomic mass is 79.9. The molecular weight excluding hydrogens is 324 g/mol. The fraction of sp³-hybridized carbons (Fsp3) is 0.154. The lowest BCUT2D eigenvalue weighted by Gasteiger charge is -2.03. The van der Waals surface area contributed by atoms with Crippen LogP contribution in [0, 0.1) is 0 Å². The normalized spacial score (nSPS) is 11.4. The number of hydrazone groups is 1. The second-order valence-corrected chi connectivity index (χ2v) is 5.05. The second kappa shape index (κ2) is 6.33. The smallest absolute Gasteiger partial charge is 0.261 e. The highest BCUT2D eigenvalue weighted by Crippen LogP contribution is 2.10. The van der Waals surface area contributed by atoms with Crippen molar-refractivity contribution in [2.45, 2.75) is 13.5 Å². The van der Waals surface area contributed by atoms with Crippen molar-refractivity contribution in [1.29, 1.82) is 0 Å². The predicted octanol–water partition coefficient (Wildman–Crippen LogP) is 1.89. The van der Waals surface area contributed by atoms with Crippen LogP contribution >= 0.6 is 15.9 Å². The zero-order chi connectivity index (χ0) is 14.5. The van der Waals surface area contributed by atoms with E-state index in [9.17, 15) is 9.90 Å². The number of nitrogens with zero attached hydrogens (tertiary/aromatic N) is 3. The van der Waals surface area contributed by atoms with Gasteiger partial charge in [0.15, 0.2) is 0 Å². The first kappa shape index (κ1) is 14.3. The van der Waals surface area contributed by atoms with Crippen LogP contribution in [0.25, 0.3) is 0 Å². The molecule has 1 heterocycles. The number of carbonyl (C=O) groups excluding carboxylic acids is 1. The molecule has 0 aliphatic heterocycles. The molecule has 1 amide bonds. The summed E-state index contributed by atoms with van der Waals surface area (Å²) in [5.41, 5.74) is 3.94. The highest BCUT2D eigenvalue weighted by Gasteiger charge is 2.04. The Bertz CT molecular complexity index is 634. The van der Waals surface area contributed by atoms with Crippen molar-refractivity contribution in [3.8, 4) is 5.75 Å². The van der Waals surface area contributed by atoms with Gasteiger partial charge in [0.2, 0.25) is 0 Å². The molecule has 20 heavy (non-hydrogen) atoms. The Morgan fingerprint density at radius 1 is 1.45 bits per heavy atom. The number of aromatic nitrogens is 2. The van der Waals surface area contributed by atoms with Crippen molar-refractivity contribution >= 4 is 27.5 Å². The molecule has 1 aromatic carbocycles. The molecule has 104 valence electrons. The topological polar surface area (TPSA) is 79.5 Å². The van der Waals surface area contributed by atoms with Gasteiger partial charge in [-0.05, 0) is 52.7 Å². The van der Waals surface area contributed by atoms with Crippen LogP contribution in [-0.2, 0) is 11.3 Å². The monoisotopic (exact) mass is 336 g/mol. The molecule has 0 bridgehead atoms. The predicted molar refractivity (Wildman–Crippen MR) is 78.4 cm³/mol.